The smallest absolute Gasteiger partial charge is 0.352 e. The van der Waals surface area contributed by atoms with Gasteiger partial charge >= 0.3 is 5.97 Å². The van der Waals surface area contributed by atoms with Gasteiger partial charge in [0.25, 0.3) is 0 Å². The van der Waals surface area contributed by atoms with E-state index in [9.17, 15) is 4.79 Å². The Hall–Kier alpha value is -2.56. The number of aromatic nitrogens is 3. The summed E-state index contributed by atoms with van der Waals surface area (Å²) in [6, 6.07) is 7.38. The van der Waals surface area contributed by atoms with Crippen LogP contribution in [0, 0.1) is 0 Å². The van der Waals surface area contributed by atoms with Gasteiger partial charge in [-0.2, -0.15) is 5.10 Å². The first kappa shape index (κ1) is 10.6. The molecule has 0 aliphatic heterocycles. The van der Waals surface area contributed by atoms with Crippen LogP contribution in [0.5, 0.6) is 0 Å². The number of para-hydroxylation sites is 1. The van der Waals surface area contributed by atoms with Crippen LogP contribution < -0.4 is 0 Å². The van der Waals surface area contributed by atoms with Gasteiger partial charge < -0.3 is 10.1 Å². The zero-order valence-corrected chi connectivity index (χ0v) is 9.71. The molecule has 5 nitrogen and oxygen atoms in total. The summed E-state index contributed by atoms with van der Waals surface area (Å²) in [5.74, 6) is -0.955. The maximum atomic E-state index is 11.0. The Morgan fingerprint density at radius 1 is 1.44 bits per heavy atom. The third kappa shape index (κ3) is 1.57. The van der Waals surface area contributed by atoms with E-state index < -0.39 is 5.97 Å². The summed E-state index contributed by atoms with van der Waals surface area (Å²) in [6.45, 7) is 0. The van der Waals surface area contributed by atoms with Crippen molar-refractivity contribution in [1.82, 2.24) is 14.8 Å². The monoisotopic (exact) mass is 241 g/mol. The van der Waals surface area contributed by atoms with E-state index in [0.29, 0.717) is 0 Å². The lowest BCUT2D eigenvalue weighted by molar-refractivity contribution is 0.0691. The first-order chi connectivity index (χ1) is 8.65. The van der Waals surface area contributed by atoms with Crippen molar-refractivity contribution in [2.45, 2.75) is 0 Å². The highest BCUT2D eigenvalue weighted by molar-refractivity contribution is 5.99. The van der Waals surface area contributed by atoms with Crippen molar-refractivity contribution in [2.24, 2.45) is 7.05 Å². The van der Waals surface area contributed by atoms with Gasteiger partial charge in [-0.05, 0) is 6.07 Å². The number of hydrogen-bond donors (Lipinski definition) is 2. The molecule has 0 atom stereocenters. The highest BCUT2D eigenvalue weighted by atomic mass is 16.4. The molecular weight excluding hydrogens is 230 g/mol. The van der Waals surface area contributed by atoms with Crippen molar-refractivity contribution in [3.63, 3.8) is 0 Å². The fourth-order valence-corrected chi connectivity index (χ4v) is 2.07. The van der Waals surface area contributed by atoms with E-state index in [1.54, 1.807) is 16.9 Å². The van der Waals surface area contributed by atoms with E-state index in [0.717, 1.165) is 22.0 Å². The lowest BCUT2D eigenvalue weighted by Gasteiger charge is -1.99. The predicted molar refractivity (Wildman–Crippen MR) is 67.5 cm³/mol. The molecule has 2 heterocycles. The molecule has 2 aromatic heterocycles. The standard InChI is InChI=1S/C13H11N3O2/c1-16-7-9(6-14-16)10-4-2-3-8-5-11(13(17)18)15-12(8)10/h2-7,15H,1H3,(H,17,18). The average molecular weight is 241 g/mol. The number of aromatic carboxylic acids is 1. The van der Waals surface area contributed by atoms with Crippen LogP contribution in [0.1, 0.15) is 10.5 Å². The number of aromatic amines is 1. The molecule has 0 radical (unpaired) electrons. The Labute approximate surface area is 103 Å². The van der Waals surface area contributed by atoms with Crippen LogP contribution >= 0.6 is 0 Å². The molecule has 0 fully saturated rings. The Balaban J connectivity index is 2.26. The van der Waals surface area contributed by atoms with Gasteiger partial charge in [-0.25, -0.2) is 4.79 Å². The number of benzene rings is 1. The largest absolute Gasteiger partial charge is 0.477 e. The number of fused-ring (bicyclic) bond motifs is 1. The summed E-state index contributed by atoms with van der Waals surface area (Å²) in [7, 11) is 1.85. The highest BCUT2D eigenvalue weighted by Gasteiger charge is 2.11. The van der Waals surface area contributed by atoms with Crippen LogP contribution in [0.4, 0.5) is 0 Å². The van der Waals surface area contributed by atoms with Crippen LogP contribution in [-0.4, -0.2) is 25.8 Å². The fraction of sp³-hybridized carbons (Fsp3) is 0.0769. The lowest BCUT2D eigenvalue weighted by Crippen LogP contribution is -1.94. The third-order valence-electron chi connectivity index (χ3n) is 2.90. The third-order valence-corrected chi connectivity index (χ3v) is 2.90. The van der Waals surface area contributed by atoms with Gasteiger partial charge in [-0.3, -0.25) is 4.68 Å². The van der Waals surface area contributed by atoms with Crippen molar-refractivity contribution < 1.29 is 9.90 Å². The molecule has 3 aromatic rings. The molecule has 0 aliphatic rings. The van der Waals surface area contributed by atoms with Gasteiger partial charge in [0, 0.05) is 29.8 Å². The summed E-state index contributed by atoms with van der Waals surface area (Å²) in [5.41, 5.74) is 2.93. The van der Waals surface area contributed by atoms with Crippen LogP contribution in [-0.2, 0) is 7.05 Å². The first-order valence-corrected chi connectivity index (χ1v) is 5.49. The van der Waals surface area contributed by atoms with Crippen LogP contribution in [0.15, 0.2) is 36.7 Å². The van der Waals surface area contributed by atoms with Crippen molar-refractivity contribution in [3.05, 3.63) is 42.4 Å². The minimum Gasteiger partial charge on any atom is -0.477 e. The Morgan fingerprint density at radius 2 is 2.28 bits per heavy atom. The second-order valence-corrected chi connectivity index (χ2v) is 4.16. The number of nitrogens with one attached hydrogen (secondary N) is 1. The van der Waals surface area contributed by atoms with Gasteiger partial charge in [0.05, 0.1) is 11.7 Å². The van der Waals surface area contributed by atoms with Crippen LogP contribution in [0.25, 0.3) is 22.0 Å². The molecule has 0 spiro atoms. The molecule has 5 heteroatoms. The number of carbonyl (C=O) groups is 1. The Morgan fingerprint density at radius 3 is 2.94 bits per heavy atom. The number of carboxylic acids is 1. The minimum absolute atomic E-state index is 0.196. The molecule has 2 N–H and O–H groups in total. The van der Waals surface area contributed by atoms with Gasteiger partial charge in [-0.15, -0.1) is 0 Å². The van der Waals surface area contributed by atoms with Crippen molar-refractivity contribution in [1.29, 1.82) is 0 Å². The number of hydrogen-bond acceptors (Lipinski definition) is 2. The van der Waals surface area contributed by atoms with E-state index >= 15 is 0 Å². The molecular formula is C13H11N3O2. The minimum atomic E-state index is -0.955. The molecule has 0 amide bonds. The second kappa shape index (κ2) is 3.73. The molecule has 3 rings (SSSR count). The molecule has 0 saturated carbocycles. The molecule has 18 heavy (non-hydrogen) atoms. The normalized spacial score (nSPS) is 10.9. The average Bonchev–Trinajstić information content (AvgIpc) is 2.94. The lowest BCUT2D eigenvalue weighted by atomic mass is 10.1. The van der Waals surface area contributed by atoms with Crippen molar-refractivity contribution in [2.75, 3.05) is 0 Å². The van der Waals surface area contributed by atoms with Gasteiger partial charge in [0.15, 0.2) is 0 Å². The maximum Gasteiger partial charge on any atom is 0.352 e. The SMILES string of the molecule is Cn1cc(-c2cccc3cc(C(=O)O)[nH]c23)cn1. The highest BCUT2D eigenvalue weighted by Crippen LogP contribution is 2.28. The van der Waals surface area contributed by atoms with Gasteiger partial charge in [0.1, 0.15) is 5.69 Å². The Bertz CT molecular complexity index is 740. The van der Waals surface area contributed by atoms with Gasteiger partial charge in [0.2, 0.25) is 0 Å². The molecule has 0 aliphatic carbocycles. The van der Waals surface area contributed by atoms with E-state index in [1.807, 2.05) is 31.4 Å². The predicted octanol–water partition coefficient (Wildman–Crippen LogP) is 2.27. The molecule has 90 valence electrons. The zero-order valence-electron chi connectivity index (χ0n) is 9.71. The quantitative estimate of drug-likeness (QED) is 0.723. The van der Waals surface area contributed by atoms with Crippen molar-refractivity contribution >= 4 is 16.9 Å². The Kier molecular flexibility index (Phi) is 2.19. The topological polar surface area (TPSA) is 70.9 Å². The molecule has 0 bridgehead atoms. The zero-order chi connectivity index (χ0) is 12.7. The maximum absolute atomic E-state index is 11.0. The van der Waals surface area contributed by atoms with E-state index in [4.69, 9.17) is 5.11 Å². The molecule has 0 unspecified atom stereocenters. The summed E-state index contributed by atoms with van der Waals surface area (Å²) < 4.78 is 1.72. The van der Waals surface area contributed by atoms with Crippen LogP contribution in [0.3, 0.4) is 0 Å². The molecule has 1 aromatic carbocycles. The number of rotatable bonds is 2. The van der Waals surface area contributed by atoms with E-state index in [-0.39, 0.29) is 5.69 Å². The second-order valence-electron chi connectivity index (χ2n) is 4.16. The first-order valence-electron chi connectivity index (χ1n) is 5.49. The van der Waals surface area contributed by atoms with E-state index in [2.05, 4.69) is 10.1 Å². The summed E-state index contributed by atoms with van der Waals surface area (Å²) >= 11 is 0. The van der Waals surface area contributed by atoms with Crippen molar-refractivity contribution in [3.8, 4) is 11.1 Å². The van der Waals surface area contributed by atoms with Gasteiger partial charge in [-0.1, -0.05) is 18.2 Å². The van der Waals surface area contributed by atoms with Crippen LogP contribution in [0.2, 0.25) is 0 Å². The number of aryl methyl sites for hydroxylation is 1. The number of nitrogens with zero attached hydrogens (tertiary/aromatic N) is 2. The fourth-order valence-electron chi connectivity index (χ4n) is 2.07. The number of carboxylic acid groups (broad SMARTS) is 1. The molecule has 0 saturated heterocycles. The number of H-pyrrole nitrogens is 1. The van der Waals surface area contributed by atoms with E-state index in [1.165, 1.54) is 0 Å². The summed E-state index contributed by atoms with van der Waals surface area (Å²) in [6.07, 6.45) is 3.66. The summed E-state index contributed by atoms with van der Waals surface area (Å²) in [4.78, 5) is 13.9. The summed E-state index contributed by atoms with van der Waals surface area (Å²) in [5, 5.41) is 14.0.